The molecular formula is C21H33IN6O. The smallest absolute Gasteiger partial charge is 0.193 e. The Balaban J connectivity index is 0.00000240. The predicted molar refractivity (Wildman–Crippen MR) is 126 cm³/mol. The number of nitrogens with one attached hydrogen (secondary N) is 1. The Labute approximate surface area is 190 Å². The lowest BCUT2D eigenvalue weighted by Gasteiger charge is -2.39. The van der Waals surface area contributed by atoms with Crippen molar-refractivity contribution < 1.29 is 4.42 Å². The first-order chi connectivity index (χ1) is 13.8. The van der Waals surface area contributed by atoms with Crippen molar-refractivity contribution in [2.24, 2.45) is 10.9 Å². The molecule has 2 aliphatic heterocycles. The fraction of sp³-hybridized carbons (Fsp3) is 0.619. The Morgan fingerprint density at radius 2 is 2.17 bits per heavy atom. The van der Waals surface area contributed by atoms with Gasteiger partial charge >= 0.3 is 0 Å². The van der Waals surface area contributed by atoms with E-state index in [1.807, 2.05) is 25.6 Å². The Bertz CT molecular complexity index is 741. The van der Waals surface area contributed by atoms with Crippen molar-refractivity contribution >= 4 is 29.9 Å². The molecule has 3 atom stereocenters. The SMILES string of the molecule is CN=C(NCC(c1ccco1)N1CCCC1)N1CCC(C)C(n2ccnc2)C1.I. The van der Waals surface area contributed by atoms with Crippen molar-refractivity contribution in [2.75, 3.05) is 39.8 Å². The van der Waals surface area contributed by atoms with Crippen LogP contribution in [0.3, 0.4) is 0 Å². The van der Waals surface area contributed by atoms with Crippen LogP contribution in [0.15, 0.2) is 46.5 Å². The number of hydrogen-bond acceptors (Lipinski definition) is 4. The van der Waals surface area contributed by atoms with Crippen LogP contribution < -0.4 is 5.32 Å². The minimum atomic E-state index is 0. The molecule has 0 aliphatic carbocycles. The third kappa shape index (κ3) is 5.14. The minimum Gasteiger partial charge on any atom is -0.468 e. The van der Waals surface area contributed by atoms with E-state index in [9.17, 15) is 0 Å². The molecule has 4 heterocycles. The van der Waals surface area contributed by atoms with E-state index >= 15 is 0 Å². The van der Waals surface area contributed by atoms with Crippen molar-refractivity contribution in [3.8, 4) is 0 Å². The summed E-state index contributed by atoms with van der Waals surface area (Å²) in [6, 6.07) is 4.75. The van der Waals surface area contributed by atoms with Crippen LogP contribution in [0.4, 0.5) is 0 Å². The molecule has 1 N–H and O–H groups in total. The molecule has 0 saturated carbocycles. The third-order valence-corrected chi connectivity index (χ3v) is 6.24. The molecule has 8 heteroatoms. The van der Waals surface area contributed by atoms with Gasteiger partial charge in [0, 0.05) is 39.1 Å². The number of halogens is 1. The molecule has 0 amide bonds. The van der Waals surface area contributed by atoms with E-state index in [1.165, 1.54) is 12.8 Å². The number of guanidine groups is 1. The topological polar surface area (TPSA) is 61.8 Å². The molecule has 2 aromatic heterocycles. The molecular weight excluding hydrogens is 479 g/mol. The lowest BCUT2D eigenvalue weighted by Crippen LogP contribution is -2.50. The van der Waals surface area contributed by atoms with Gasteiger partial charge in [0.25, 0.3) is 0 Å². The summed E-state index contributed by atoms with van der Waals surface area (Å²) in [5.41, 5.74) is 0. The van der Waals surface area contributed by atoms with Crippen molar-refractivity contribution in [3.63, 3.8) is 0 Å². The van der Waals surface area contributed by atoms with Gasteiger partial charge in [-0.05, 0) is 50.4 Å². The van der Waals surface area contributed by atoms with Gasteiger partial charge in [0.2, 0.25) is 0 Å². The molecule has 7 nitrogen and oxygen atoms in total. The van der Waals surface area contributed by atoms with Crippen LogP contribution in [0.2, 0.25) is 0 Å². The quantitative estimate of drug-likeness (QED) is 0.378. The van der Waals surface area contributed by atoms with E-state index in [4.69, 9.17) is 4.42 Å². The van der Waals surface area contributed by atoms with Crippen LogP contribution in [0, 0.1) is 5.92 Å². The van der Waals surface area contributed by atoms with E-state index < -0.39 is 0 Å². The molecule has 4 rings (SSSR count). The highest BCUT2D eigenvalue weighted by molar-refractivity contribution is 14.0. The monoisotopic (exact) mass is 512 g/mol. The summed E-state index contributed by atoms with van der Waals surface area (Å²) in [5, 5.41) is 3.63. The predicted octanol–water partition coefficient (Wildman–Crippen LogP) is 3.39. The van der Waals surface area contributed by atoms with Gasteiger partial charge in [0.05, 0.1) is 24.7 Å². The molecule has 3 unspecified atom stereocenters. The van der Waals surface area contributed by atoms with E-state index in [2.05, 4.69) is 48.8 Å². The molecule has 2 saturated heterocycles. The summed E-state index contributed by atoms with van der Waals surface area (Å²) in [6.07, 6.45) is 11.3. The van der Waals surface area contributed by atoms with E-state index in [-0.39, 0.29) is 30.0 Å². The summed E-state index contributed by atoms with van der Waals surface area (Å²) in [4.78, 5) is 13.7. The zero-order valence-electron chi connectivity index (χ0n) is 17.4. The molecule has 0 aromatic carbocycles. The van der Waals surface area contributed by atoms with E-state index in [1.54, 1.807) is 6.26 Å². The average molecular weight is 512 g/mol. The maximum Gasteiger partial charge on any atom is 0.193 e. The highest BCUT2D eigenvalue weighted by Crippen LogP contribution is 2.28. The maximum absolute atomic E-state index is 5.75. The Hall–Kier alpha value is -1.55. The number of likely N-dealkylation sites (tertiary alicyclic amines) is 2. The average Bonchev–Trinajstić information content (AvgIpc) is 3.50. The zero-order valence-corrected chi connectivity index (χ0v) is 19.7. The van der Waals surface area contributed by atoms with Crippen LogP contribution in [-0.4, -0.2) is 65.1 Å². The highest BCUT2D eigenvalue weighted by Gasteiger charge is 2.30. The second-order valence-corrected chi connectivity index (χ2v) is 7.99. The van der Waals surface area contributed by atoms with Gasteiger partial charge in [-0.3, -0.25) is 9.89 Å². The van der Waals surface area contributed by atoms with Gasteiger partial charge in [0.1, 0.15) is 5.76 Å². The molecule has 0 spiro atoms. The van der Waals surface area contributed by atoms with Gasteiger partial charge in [-0.25, -0.2) is 4.98 Å². The summed E-state index contributed by atoms with van der Waals surface area (Å²) < 4.78 is 7.99. The molecule has 2 aromatic rings. The number of hydrogen-bond donors (Lipinski definition) is 1. The second-order valence-electron chi connectivity index (χ2n) is 7.99. The third-order valence-electron chi connectivity index (χ3n) is 6.24. The van der Waals surface area contributed by atoms with Crippen molar-refractivity contribution in [3.05, 3.63) is 42.9 Å². The number of imidazole rings is 1. The van der Waals surface area contributed by atoms with Crippen LogP contribution in [0.25, 0.3) is 0 Å². The van der Waals surface area contributed by atoms with Gasteiger partial charge < -0.3 is 19.2 Å². The first kappa shape index (κ1) is 22.1. The Kier molecular flexibility index (Phi) is 7.99. The molecule has 2 aliphatic rings. The van der Waals surface area contributed by atoms with E-state index in [0.717, 1.165) is 50.9 Å². The first-order valence-corrected chi connectivity index (χ1v) is 10.5. The number of aromatic nitrogens is 2. The normalized spacial score (nSPS) is 24.3. The maximum atomic E-state index is 5.75. The first-order valence-electron chi connectivity index (χ1n) is 10.5. The Morgan fingerprint density at radius 3 is 2.83 bits per heavy atom. The fourth-order valence-corrected chi connectivity index (χ4v) is 4.56. The van der Waals surface area contributed by atoms with E-state index in [0.29, 0.717) is 12.0 Å². The fourth-order valence-electron chi connectivity index (χ4n) is 4.56. The van der Waals surface area contributed by atoms with Crippen LogP contribution in [0.5, 0.6) is 0 Å². The molecule has 0 bridgehead atoms. The Morgan fingerprint density at radius 1 is 1.34 bits per heavy atom. The van der Waals surface area contributed by atoms with Crippen molar-refractivity contribution in [1.29, 1.82) is 0 Å². The number of rotatable bonds is 5. The van der Waals surface area contributed by atoms with Crippen LogP contribution in [0.1, 0.15) is 44.0 Å². The molecule has 2 fully saturated rings. The molecule has 29 heavy (non-hydrogen) atoms. The van der Waals surface area contributed by atoms with Crippen molar-refractivity contribution in [1.82, 2.24) is 24.7 Å². The van der Waals surface area contributed by atoms with Gasteiger partial charge in [-0.2, -0.15) is 0 Å². The molecule has 0 radical (unpaired) electrons. The number of piperidine rings is 1. The highest BCUT2D eigenvalue weighted by atomic mass is 127. The van der Waals surface area contributed by atoms with Crippen molar-refractivity contribution in [2.45, 2.75) is 38.3 Å². The standard InChI is InChI=1S/C21H32N6O.HI/c1-17-7-11-26(15-19(17)27-12-8-23-16-27)21(22-2)24-14-18(20-6-5-13-28-20)25-9-3-4-10-25;/h5-6,8,12-13,16-19H,3-4,7,9-11,14-15H2,1-2H3,(H,22,24);1H. The van der Waals surface area contributed by atoms with Crippen LogP contribution >= 0.6 is 24.0 Å². The zero-order chi connectivity index (χ0) is 19.3. The largest absolute Gasteiger partial charge is 0.468 e. The number of furan rings is 1. The van der Waals surface area contributed by atoms with Gasteiger partial charge in [-0.15, -0.1) is 24.0 Å². The van der Waals surface area contributed by atoms with Gasteiger partial charge in [-0.1, -0.05) is 6.92 Å². The van der Waals surface area contributed by atoms with Gasteiger partial charge in [0.15, 0.2) is 5.96 Å². The summed E-state index contributed by atoms with van der Waals surface area (Å²) in [6.45, 7) is 7.39. The summed E-state index contributed by atoms with van der Waals surface area (Å²) in [5.74, 6) is 2.64. The number of aliphatic imine (C=N–C) groups is 1. The minimum absolute atomic E-state index is 0. The summed E-state index contributed by atoms with van der Waals surface area (Å²) in [7, 11) is 1.88. The lowest BCUT2D eigenvalue weighted by atomic mass is 9.93. The summed E-state index contributed by atoms with van der Waals surface area (Å²) >= 11 is 0. The molecule has 160 valence electrons. The van der Waals surface area contributed by atoms with Crippen LogP contribution in [-0.2, 0) is 0 Å². The number of nitrogens with zero attached hydrogens (tertiary/aromatic N) is 5. The lowest BCUT2D eigenvalue weighted by molar-refractivity contribution is 0.184. The second kappa shape index (κ2) is 10.5.